The average molecular weight is 295 g/mol. The molecule has 3 rings (SSSR count). The number of carbonyl (C=O) groups is 1. The normalized spacial score (nSPS) is 16.0. The summed E-state index contributed by atoms with van der Waals surface area (Å²) in [7, 11) is 0. The predicted octanol–water partition coefficient (Wildman–Crippen LogP) is 4.02. The maximum atomic E-state index is 11.1. The number of carboxylic acids is 1. The van der Waals surface area contributed by atoms with Crippen molar-refractivity contribution in [2.45, 2.75) is 31.8 Å². The summed E-state index contributed by atoms with van der Waals surface area (Å²) in [5.74, 6) is -0.189. The summed E-state index contributed by atoms with van der Waals surface area (Å²) in [5, 5.41) is 12.7. The molecule has 2 aromatic carbocycles. The molecule has 1 aliphatic carbocycles. The first-order valence-electron chi connectivity index (χ1n) is 7.84. The average Bonchev–Trinajstić information content (AvgIpc) is 2.50. The van der Waals surface area contributed by atoms with Gasteiger partial charge in [-0.15, -0.1) is 0 Å². The molecule has 0 bridgehead atoms. The first kappa shape index (κ1) is 14.8. The van der Waals surface area contributed by atoms with E-state index in [9.17, 15) is 4.79 Å². The molecule has 22 heavy (non-hydrogen) atoms. The van der Waals surface area contributed by atoms with Crippen molar-refractivity contribution in [1.82, 2.24) is 5.32 Å². The summed E-state index contributed by atoms with van der Waals surface area (Å²) in [6.07, 6.45) is 3.84. The molecule has 2 aromatic rings. The summed E-state index contributed by atoms with van der Waals surface area (Å²) >= 11 is 0. The number of nitrogens with one attached hydrogen (secondary N) is 1. The molecule has 0 heterocycles. The van der Waals surface area contributed by atoms with E-state index in [0.29, 0.717) is 24.1 Å². The predicted molar refractivity (Wildman–Crippen MR) is 86.8 cm³/mol. The number of carboxylic acid groups (broad SMARTS) is 1. The molecular formula is C19H21NO2. The van der Waals surface area contributed by atoms with Crippen LogP contribution in [0.4, 0.5) is 0 Å². The molecule has 1 atom stereocenters. The maximum Gasteiger partial charge on any atom is 0.335 e. The molecule has 1 unspecified atom stereocenters. The van der Waals surface area contributed by atoms with E-state index in [1.807, 2.05) is 12.1 Å². The van der Waals surface area contributed by atoms with E-state index in [1.165, 1.54) is 24.8 Å². The topological polar surface area (TPSA) is 49.3 Å². The highest BCUT2D eigenvalue weighted by molar-refractivity contribution is 5.87. The van der Waals surface area contributed by atoms with Gasteiger partial charge in [0.1, 0.15) is 0 Å². The van der Waals surface area contributed by atoms with Gasteiger partial charge < -0.3 is 10.4 Å². The van der Waals surface area contributed by atoms with Crippen LogP contribution in [-0.2, 0) is 6.54 Å². The lowest BCUT2D eigenvalue weighted by molar-refractivity contribution is 0.0696. The molecule has 114 valence electrons. The number of aromatic carboxylic acids is 1. The van der Waals surface area contributed by atoms with Crippen molar-refractivity contribution in [3.05, 3.63) is 71.3 Å². The van der Waals surface area contributed by atoms with E-state index in [1.54, 1.807) is 18.2 Å². The number of hydrogen-bond donors (Lipinski definition) is 2. The van der Waals surface area contributed by atoms with Gasteiger partial charge in [0.25, 0.3) is 0 Å². The van der Waals surface area contributed by atoms with Crippen LogP contribution >= 0.6 is 0 Å². The lowest BCUT2D eigenvalue weighted by atomic mass is 9.77. The van der Waals surface area contributed by atoms with E-state index in [4.69, 9.17) is 5.11 Å². The van der Waals surface area contributed by atoms with Gasteiger partial charge in [0.2, 0.25) is 0 Å². The molecule has 0 saturated heterocycles. The Hall–Kier alpha value is -2.13. The summed E-state index contributed by atoms with van der Waals surface area (Å²) < 4.78 is 0. The minimum absolute atomic E-state index is 0.346. The summed E-state index contributed by atoms with van der Waals surface area (Å²) in [5.41, 5.74) is 2.68. The van der Waals surface area contributed by atoms with Crippen LogP contribution in [0.1, 0.15) is 46.8 Å². The van der Waals surface area contributed by atoms with Crippen LogP contribution in [0.5, 0.6) is 0 Å². The van der Waals surface area contributed by atoms with Crippen LogP contribution in [-0.4, -0.2) is 11.1 Å². The fraction of sp³-hybridized carbons (Fsp3) is 0.316. The standard InChI is InChI=1S/C19H21NO2/c21-19(22)17-11-4-6-14(12-17)13-20-18(16-9-5-10-16)15-7-2-1-3-8-15/h1-4,6-8,11-12,16,18,20H,5,9-10,13H2,(H,21,22). The summed E-state index contributed by atoms with van der Waals surface area (Å²) in [4.78, 5) is 11.1. The third kappa shape index (κ3) is 3.37. The van der Waals surface area contributed by atoms with Crippen molar-refractivity contribution in [2.24, 2.45) is 5.92 Å². The Bertz CT molecular complexity index is 635. The van der Waals surface area contributed by atoms with Crippen LogP contribution < -0.4 is 5.32 Å². The van der Waals surface area contributed by atoms with Gasteiger partial charge in [-0.3, -0.25) is 0 Å². The van der Waals surface area contributed by atoms with Crippen LogP contribution in [0, 0.1) is 5.92 Å². The monoisotopic (exact) mass is 295 g/mol. The Morgan fingerprint density at radius 3 is 2.55 bits per heavy atom. The number of benzene rings is 2. The fourth-order valence-electron chi connectivity index (χ4n) is 3.03. The maximum absolute atomic E-state index is 11.1. The number of hydrogen-bond acceptors (Lipinski definition) is 2. The second-order valence-corrected chi connectivity index (χ2v) is 5.97. The molecule has 1 fully saturated rings. The Labute approximate surface area is 131 Å². The zero-order valence-electron chi connectivity index (χ0n) is 12.5. The van der Waals surface area contributed by atoms with Crippen LogP contribution in [0.2, 0.25) is 0 Å². The molecule has 0 aromatic heterocycles. The van der Waals surface area contributed by atoms with E-state index in [0.717, 1.165) is 5.56 Å². The van der Waals surface area contributed by atoms with Crippen molar-refractivity contribution in [3.8, 4) is 0 Å². The zero-order valence-corrected chi connectivity index (χ0v) is 12.5. The van der Waals surface area contributed by atoms with E-state index < -0.39 is 5.97 Å². The van der Waals surface area contributed by atoms with Crippen molar-refractivity contribution in [3.63, 3.8) is 0 Å². The van der Waals surface area contributed by atoms with Gasteiger partial charge in [-0.05, 0) is 42.0 Å². The first-order valence-corrected chi connectivity index (χ1v) is 7.84. The third-order valence-corrected chi connectivity index (χ3v) is 4.48. The Morgan fingerprint density at radius 2 is 1.91 bits per heavy atom. The van der Waals surface area contributed by atoms with Crippen molar-refractivity contribution in [2.75, 3.05) is 0 Å². The SMILES string of the molecule is O=C(O)c1cccc(CNC(c2ccccc2)C2CCC2)c1. The van der Waals surface area contributed by atoms with Crippen LogP contribution in [0.3, 0.4) is 0 Å². The Kier molecular flexibility index (Phi) is 4.54. The van der Waals surface area contributed by atoms with Gasteiger partial charge in [0.05, 0.1) is 5.56 Å². The van der Waals surface area contributed by atoms with Gasteiger partial charge in [0, 0.05) is 12.6 Å². The quantitative estimate of drug-likeness (QED) is 0.846. The molecule has 0 radical (unpaired) electrons. The molecule has 0 aliphatic heterocycles. The second-order valence-electron chi connectivity index (χ2n) is 5.97. The van der Waals surface area contributed by atoms with E-state index >= 15 is 0 Å². The molecular weight excluding hydrogens is 274 g/mol. The van der Waals surface area contributed by atoms with Gasteiger partial charge in [0.15, 0.2) is 0 Å². The smallest absolute Gasteiger partial charge is 0.335 e. The lowest BCUT2D eigenvalue weighted by Gasteiger charge is -2.35. The fourth-order valence-corrected chi connectivity index (χ4v) is 3.03. The lowest BCUT2D eigenvalue weighted by Crippen LogP contribution is -2.31. The van der Waals surface area contributed by atoms with E-state index in [2.05, 4.69) is 29.6 Å². The molecule has 0 amide bonds. The summed E-state index contributed by atoms with van der Waals surface area (Å²) in [6, 6.07) is 18.0. The van der Waals surface area contributed by atoms with Crippen LogP contribution in [0.15, 0.2) is 54.6 Å². The van der Waals surface area contributed by atoms with Gasteiger partial charge in [-0.2, -0.15) is 0 Å². The highest BCUT2D eigenvalue weighted by Gasteiger charge is 2.27. The van der Waals surface area contributed by atoms with Gasteiger partial charge in [-0.25, -0.2) is 4.79 Å². The molecule has 1 saturated carbocycles. The molecule has 3 nitrogen and oxygen atoms in total. The third-order valence-electron chi connectivity index (χ3n) is 4.48. The largest absolute Gasteiger partial charge is 0.478 e. The van der Waals surface area contributed by atoms with Gasteiger partial charge in [-0.1, -0.05) is 48.9 Å². The summed E-state index contributed by atoms with van der Waals surface area (Å²) in [6.45, 7) is 0.692. The highest BCUT2D eigenvalue weighted by Crippen LogP contribution is 2.37. The Balaban J connectivity index is 1.71. The minimum atomic E-state index is -0.875. The zero-order chi connectivity index (χ0) is 15.4. The molecule has 2 N–H and O–H groups in total. The molecule has 3 heteroatoms. The Morgan fingerprint density at radius 1 is 1.14 bits per heavy atom. The second kappa shape index (κ2) is 6.75. The minimum Gasteiger partial charge on any atom is -0.478 e. The highest BCUT2D eigenvalue weighted by atomic mass is 16.4. The van der Waals surface area contributed by atoms with Crippen molar-refractivity contribution in [1.29, 1.82) is 0 Å². The van der Waals surface area contributed by atoms with Crippen LogP contribution in [0.25, 0.3) is 0 Å². The molecule has 1 aliphatic rings. The van der Waals surface area contributed by atoms with Crippen molar-refractivity contribution < 1.29 is 9.90 Å². The molecule has 0 spiro atoms. The number of rotatable bonds is 6. The first-order chi connectivity index (χ1) is 10.7. The van der Waals surface area contributed by atoms with Crippen molar-refractivity contribution >= 4 is 5.97 Å². The van der Waals surface area contributed by atoms with Gasteiger partial charge >= 0.3 is 5.97 Å². The van der Waals surface area contributed by atoms with E-state index in [-0.39, 0.29) is 0 Å².